The molecule has 0 bridgehead atoms. The number of ether oxygens (including phenoxy) is 2. The van der Waals surface area contributed by atoms with Crippen molar-refractivity contribution in [1.29, 1.82) is 0 Å². The molecule has 3 aromatic rings. The molecule has 0 fully saturated rings. The minimum absolute atomic E-state index is 0.00568. The van der Waals surface area contributed by atoms with Gasteiger partial charge in [-0.1, -0.05) is 30.3 Å². The van der Waals surface area contributed by atoms with Gasteiger partial charge in [0.1, 0.15) is 29.6 Å². The highest BCUT2D eigenvalue weighted by molar-refractivity contribution is 6.02. The van der Waals surface area contributed by atoms with Crippen molar-refractivity contribution in [2.75, 3.05) is 7.11 Å². The van der Waals surface area contributed by atoms with Crippen LogP contribution in [0.25, 0.3) is 6.08 Å². The molecular formula is C24H20FNO5. The van der Waals surface area contributed by atoms with Crippen molar-refractivity contribution in [2.45, 2.75) is 6.61 Å². The highest BCUT2D eigenvalue weighted by Crippen LogP contribution is 2.20. The molecule has 0 spiro atoms. The first-order valence-electron chi connectivity index (χ1n) is 9.33. The number of carbonyl (C=O) groups excluding carboxylic acids is 1. The predicted octanol–water partition coefficient (Wildman–Crippen LogP) is 4.27. The Hall–Kier alpha value is -4.13. The van der Waals surface area contributed by atoms with Gasteiger partial charge < -0.3 is 19.9 Å². The average Bonchev–Trinajstić information content (AvgIpc) is 2.79. The van der Waals surface area contributed by atoms with Crippen LogP contribution in [0.4, 0.5) is 4.39 Å². The van der Waals surface area contributed by atoms with E-state index >= 15 is 0 Å². The summed E-state index contributed by atoms with van der Waals surface area (Å²) in [6, 6.07) is 19.2. The Bertz CT molecular complexity index is 1090. The second-order valence-corrected chi connectivity index (χ2v) is 6.50. The Morgan fingerprint density at radius 2 is 1.68 bits per heavy atom. The molecular weight excluding hydrogens is 401 g/mol. The van der Waals surface area contributed by atoms with Gasteiger partial charge in [-0.3, -0.25) is 4.79 Å². The monoisotopic (exact) mass is 421 g/mol. The number of halogens is 1. The van der Waals surface area contributed by atoms with Crippen LogP contribution < -0.4 is 14.8 Å². The van der Waals surface area contributed by atoms with Crippen LogP contribution in [0.15, 0.2) is 78.5 Å². The van der Waals surface area contributed by atoms with E-state index in [9.17, 15) is 19.1 Å². The molecule has 0 aromatic heterocycles. The smallest absolute Gasteiger partial charge is 0.352 e. The van der Waals surface area contributed by atoms with Gasteiger partial charge in [-0.05, 0) is 54.1 Å². The molecule has 3 aromatic carbocycles. The van der Waals surface area contributed by atoms with E-state index in [1.807, 2.05) is 0 Å². The van der Waals surface area contributed by atoms with Crippen molar-refractivity contribution >= 4 is 18.0 Å². The number of aliphatic carboxylic acids is 1. The lowest BCUT2D eigenvalue weighted by Crippen LogP contribution is -2.27. The maximum atomic E-state index is 13.9. The fourth-order valence-corrected chi connectivity index (χ4v) is 2.71. The van der Waals surface area contributed by atoms with Crippen LogP contribution in [0.5, 0.6) is 11.5 Å². The predicted molar refractivity (Wildman–Crippen MR) is 113 cm³/mol. The largest absolute Gasteiger partial charge is 0.497 e. The molecule has 0 radical (unpaired) electrons. The third kappa shape index (κ3) is 5.93. The number of methoxy groups -OCH3 is 1. The normalized spacial score (nSPS) is 11.0. The molecule has 3 rings (SSSR count). The van der Waals surface area contributed by atoms with Gasteiger partial charge in [-0.2, -0.15) is 0 Å². The van der Waals surface area contributed by atoms with Gasteiger partial charge in [0.25, 0.3) is 5.91 Å². The Balaban J connectivity index is 1.68. The summed E-state index contributed by atoms with van der Waals surface area (Å²) in [4.78, 5) is 23.7. The van der Waals surface area contributed by atoms with E-state index in [2.05, 4.69) is 5.32 Å². The molecule has 0 aliphatic heterocycles. The first-order valence-corrected chi connectivity index (χ1v) is 9.33. The van der Waals surface area contributed by atoms with E-state index in [-0.39, 0.29) is 12.3 Å². The van der Waals surface area contributed by atoms with Gasteiger partial charge >= 0.3 is 5.97 Å². The van der Waals surface area contributed by atoms with E-state index in [1.54, 1.807) is 60.7 Å². The highest BCUT2D eigenvalue weighted by atomic mass is 19.1. The molecule has 31 heavy (non-hydrogen) atoms. The van der Waals surface area contributed by atoms with E-state index in [0.29, 0.717) is 28.2 Å². The van der Waals surface area contributed by atoms with Crippen LogP contribution in [0.3, 0.4) is 0 Å². The zero-order valence-electron chi connectivity index (χ0n) is 16.7. The number of carboxylic acid groups (broad SMARTS) is 1. The number of amides is 1. The summed E-state index contributed by atoms with van der Waals surface area (Å²) in [7, 11) is 1.50. The molecule has 0 aliphatic carbocycles. The fraction of sp³-hybridized carbons (Fsp3) is 0.0833. The first-order chi connectivity index (χ1) is 15.0. The Kier molecular flexibility index (Phi) is 7.01. The molecule has 0 atom stereocenters. The minimum Gasteiger partial charge on any atom is -0.497 e. The van der Waals surface area contributed by atoms with Gasteiger partial charge in [-0.15, -0.1) is 0 Å². The molecule has 2 N–H and O–H groups in total. The van der Waals surface area contributed by atoms with Crippen LogP contribution in [0.1, 0.15) is 21.5 Å². The SMILES string of the molecule is COc1ccc(F)c(COc2ccc(/C=C(/NC(=O)c3ccccc3)C(=O)O)cc2)c1. The van der Waals surface area contributed by atoms with Crippen molar-refractivity contribution in [3.63, 3.8) is 0 Å². The standard InChI is InChI=1S/C24H20FNO5/c1-30-20-11-12-21(25)18(14-20)15-31-19-9-7-16(8-10-19)13-22(24(28)29)26-23(27)17-5-3-2-4-6-17/h2-14H,15H2,1H3,(H,26,27)(H,28,29)/b22-13+. The molecule has 0 aliphatic rings. The molecule has 0 heterocycles. The third-order valence-electron chi connectivity index (χ3n) is 4.35. The molecule has 0 unspecified atom stereocenters. The van der Waals surface area contributed by atoms with Crippen molar-refractivity contribution < 1.29 is 28.6 Å². The van der Waals surface area contributed by atoms with E-state index in [1.165, 1.54) is 25.3 Å². The number of hydrogen-bond acceptors (Lipinski definition) is 4. The zero-order chi connectivity index (χ0) is 22.2. The van der Waals surface area contributed by atoms with Gasteiger partial charge in [0, 0.05) is 11.1 Å². The molecule has 7 heteroatoms. The van der Waals surface area contributed by atoms with Crippen LogP contribution in [0.2, 0.25) is 0 Å². The number of rotatable bonds is 8. The van der Waals surface area contributed by atoms with E-state index < -0.39 is 17.7 Å². The molecule has 0 saturated heterocycles. The average molecular weight is 421 g/mol. The van der Waals surface area contributed by atoms with Gasteiger partial charge in [0.05, 0.1) is 7.11 Å². The Morgan fingerprint density at radius 1 is 1.00 bits per heavy atom. The first kappa shape index (κ1) is 21.6. The van der Waals surface area contributed by atoms with Gasteiger partial charge in [0.2, 0.25) is 0 Å². The minimum atomic E-state index is -1.27. The van der Waals surface area contributed by atoms with Crippen LogP contribution >= 0.6 is 0 Å². The number of carbonyl (C=O) groups is 2. The molecule has 6 nitrogen and oxygen atoms in total. The zero-order valence-corrected chi connectivity index (χ0v) is 16.7. The molecule has 0 saturated carbocycles. The summed E-state index contributed by atoms with van der Waals surface area (Å²) in [6.07, 6.45) is 1.34. The number of hydrogen-bond donors (Lipinski definition) is 2. The third-order valence-corrected chi connectivity index (χ3v) is 4.35. The van der Waals surface area contributed by atoms with Crippen molar-refractivity contribution in [3.8, 4) is 11.5 Å². The number of benzene rings is 3. The van der Waals surface area contributed by atoms with E-state index in [4.69, 9.17) is 9.47 Å². The van der Waals surface area contributed by atoms with Crippen molar-refractivity contribution in [3.05, 3.63) is 101 Å². The summed E-state index contributed by atoms with van der Waals surface area (Å²) in [6.45, 7) is 0.00568. The lowest BCUT2D eigenvalue weighted by molar-refractivity contribution is -0.132. The number of nitrogens with one attached hydrogen (secondary N) is 1. The lowest BCUT2D eigenvalue weighted by atomic mass is 10.1. The summed E-state index contributed by atoms with van der Waals surface area (Å²) in [5, 5.41) is 11.8. The maximum Gasteiger partial charge on any atom is 0.352 e. The van der Waals surface area contributed by atoms with Crippen molar-refractivity contribution in [1.82, 2.24) is 5.32 Å². The second-order valence-electron chi connectivity index (χ2n) is 6.50. The highest BCUT2D eigenvalue weighted by Gasteiger charge is 2.13. The summed E-state index contributed by atoms with van der Waals surface area (Å²) in [5.41, 5.74) is 0.981. The fourth-order valence-electron chi connectivity index (χ4n) is 2.71. The summed E-state index contributed by atoms with van der Waals surface area (Å²) < 4.78 is 24.6. The quantitative estimate of drug-likeness (QED) is 0.531. The maximum absolute atomic E-state index is 13.9. The second kappa shape index (κ2) is 10.1. The topological polar surface area (TPSA) is 84.9 Å². The van der Waals surface area contributed by atoms with Crippen LogP contribution in [-0.4, -0.2) is 24.1 Å². The van der Waals surface area contributed by atoms with Crippen LogP contribution in [0, 0.1) is 5.82 Å². The Morgan fingerprint density at radius 3 is 2.32 bits per heavy atom. The molecule has 1 amide bonds. The molecule has 158 valence electrons. The Labute approximate surface area is 178 Å². The summed E-state index contributed by atoms with van der Waals surface area (Å²) in [5.74, 6) is -1.18. The van der Waals surface area contributed by atoms with E-state index in [0.717, 1.165) is 0 Å². The number of carboxylic acids is 1. The van der Waals surface area contributed by atoms with Gasteiger partial charge in [0.15, 0.2) is 0 Å². The van der Waals surface area contributed by atoms with Crippen molar-refractivity contribution in [2.24, 2.45) is 0 Å². The lowest BCUT2D eigenvalue weighted by Gasteiger charge is -2.09. The van der Waals surface area contributed by atoms with Gasteiger partial charge in [-0.25, -0.2) is 9.18 Å². The van der Waals surface area contributed by atoms with Crippen LogP contribution in [-0.2, 0) is 11.4 Å². The summed E-state index contributed by atoms with van der Waals surface area (Å²) >= 11 is 0.